The summed E-state index contributed by atoms with van der Waals surface area (Å²) in [7, 11) is 0. The van der Waals surface area contributed by atoms with Crippen molar-refractivity contribution in [2.24, 2.45) is 5.73 Å². The number of carbonyl (C=O) groups excluding carboxylic acids is 3. The van der Waals surface area contributed by atoms with Crippen LogP contribution in [0.2, 0.25) is 0 Å². The number of amides is 2. The van der Waals surface area contributed by atoms with Gasteiger partial charge < -0.3 is 15.8 Å². The van der Waals surface area contributed by atoms with Crippen LogP contribution in [0.1, 0.15) is 36.5 Å². The Labute approximate surface area is 149 Å². The first-order valence-corrected chi connectivity index (χ1v) is 7.56. The van der Waals surface area contributed by atoms with E-state index in [1.54, 1.807) is 0 Å². The molecular formula is C16H16F6N2O3. The van der Waals surface area contributed by atoms with Crippen LogP contribution >= 0.6 is 0 Å². The second-order valence-electron chi connectivity index (χ2n) is 5.85. The summed E-state index contributed by atoms with van der Waals surface area (Å²) in [5.41, 5.74) is 1.42. The number of hydrogen-bond donors (Lipinski definition) is 2. The van der Waals surface area contributed by atoms with E-state index in [0.717, 1.165) is 0 Å². The van der Waals surface area contributed by atoms with Gasteiger partial charge in [-0.15, -0.1) is 0 Å². The molecule has 150 valence electrons. The number of nitrogens with two attached hydrogens (primary N) is 1. The Morgan fingerprint density at radius 2 is 1.48 bits per heavy atom. The van der Waals surface area contributed by atoms with Crippen molar-refractivity contribution in [3.05, 3.63) is 34.9 Å². The highest BCUT2D eigenvalue weighted by Crippen LogP contribution is 2.36. The minimum atomic E-state index is -5.04. The third kappa shape index (κ3) is 7.27. The molecular weight excluding hydrogens is 382 g/mol. The number of benzene rings is 1. The van der Waals surface area contributed by atoms with Gasteiger partial charge in [0.1, 0.15) is 11.8 Å². The molecule has 0 bridgehead atoms. The standard InChI is InChI=1S/C16H16F6N2O3/c1-8(25)2-3-12(14(23)27)24-13(26)6-9-4-10(15(17,18)19)7-11(5-9)16(20,21)22/h4-5,7,12H,2-3,6H2,1H3,(H2,23,27)(H,24,26)/t12-/m1/s1. The Hall–Kier alpha value is -2.59. The number of alkyl halides is 6. The van der Waals surface area contributed by atoms with E-state index in [0.29, 0.717) is 12.1 Å². The predicted octanol–water partition coefficient (Wildman–Crippen LogP) is 2.61. The van der Waals surface area contributed by atoms with E-state index < -0.39 is 53.3 Å². The van der Waals surface area contributed by atoms with Crippen molar-refractivity contribution in [2.75, 3.05) is 0 Å². The maximum absolute atomic E-state index is 12.8. The molecule has 0 fully saturated rings. The molecule has 2 amide bonds. The molecule has 0 spiro atoms. The van der Waals surface area contributed by atoms with Gasteiger partial charge >= 0.3 is 12.4 Å². The van der Waals surface area contributed by atoms with Crippen LogP contribution in [0.3, 0.4) is 0 Å². The Balaban J connectivity index is 3.03. The van der Waals surface area contributed by atoms with Gasteiger partial charge in [-0.25, -0.2) is 0 Å². The molecule has 1 rings (SSSR count). The van der Waals surface area contributed by atoms with E-state index >= 15 is 0 Å². The molecule has 3 N–H and O–H groups in total. The van der Waals surface area contributed by atoms with Crippen molar-refractivity contribution in [2.45, 2.75) is 44.6 Å². The van der Waals surface area contributed by atoms with E-state index in [1.165, 1.54) is 6.92 Å². The molecule has 1 atom stereocenters. The lowest BCUT2D eigenvalue weighted by Crippen LogP contribution is -2.45. The fourth-order valence-electron chi connectivity index (χ4n) is 2.19. The summed E-state index contributed by atoms with van der Waals surface area (Å²) >= 11 is 0. The molecule has 0 aliphatic heterocycles. The molecule has 0 aliphatic carbocycles. The summed E-state index contributed by atoms with van der Waals surface area (Å²) in [4.78, 5) is 34.1. The van der Waals surface area contributed by atoms with Crippen LogP contribution in [0, 0.1) is 0 Å². The lowest BCUT2D eigenvalue weighted by atomic mass is 10.0. The minimum Gasteiger partial charge on any atom is -0.368 e. The minimum absolute atomic E-state index is 0.0551. The van der Waals surface area contributed by atoms with E-state index in [4.69, 9.17) is 5.73 Å². The molecule has 0 saturated heterocycles. The third-order valence-electron chi connectivity index (χ3n) is 3.48. The van der Waals surface area contributed by atoms with Gasteiger partial charge in [-0.3, -0.25) is 9.59 Å². The average molecular weight is 398 g/mol. The summed E-state index contributed by atoms with van der Waals surface area (Å²) in [5.74, 6) is -2.28. The molecule has 0 aliphatic rings. The van der Waals surface area contributed by atoms with Gasteiger partial charge in [-0.2, -0.15) is 26.3 Å². The van der Waals surface area contributed by atoms with Gasteiger partial charge in [-0.05, 0) is 37.1 Å². The maximum atomic E-state index is 12.8. The highest BCUT2D eigenvalue weighted by atomic mass is 19.4. The number of primary amides is 1. The summed E-state index contributed by atoms with van der Waals surface area (Å²) in [6.07, 6.45) is -11.1. The summed E-state index contributed by atoms with van der Waals surface area (Å²) in [6, 6.07) is -0.484. The van der Waals surface area contributed by atoms with Crippen LogP contribution in [0.4, 0.5) is 26.3 Å². The van der Waals surface area contributed by atoms with Crippen molar-refractivity contribution in [1.29, 1.82) is 0 Å². The lowest BCUT2D eigenvalue weighted by molar-refractivity contribution is -0.143. The van der Waals surface area contributed by atoms with Crippen molar-refractivity contribution >= 4 is 17.6 Å². The zero-order chi connectivity index (χ0) is 21.0. The molecule has 0 aromatic heterocycles. The Morgan fingerprint density at radius 1 is 1.00 bits per heavy atom. The molecule has 11 heteroatoms. The summed E-state index contributed by atoms with van der Waals surface area (Å²) < 4.78 is 76.8. The molecule has 0 heterocycles. The van der Waals surface area contributed by atoms with Gasteiger partial charge in [0, 0.05) is 6.42 Å². The topological polar surface area (TPSA) is 89.3 Å². The van der Waals surface area contributed by atoms with E-state index in [-0.39, 0.29) is 24.7 Å². The zero-order valence-corrected chi connectivity index (χ0v) is 14.0. The predicted molar refractivity (Wildman–Crippen MR) is 81.2 cm³/mol. The number of Topliss-reactive ketones (excluding diaryl/α,β-unsaturated/α-hetero) is 1. The highest BCUT2D eigenvalue weighted by molar-refractivity contribution is 5.88. The molecule has 1 aromatic carbocycles. The highest BCUT2D eigenvalue weighted by Gasteiger charge is 2.37. The average Bonchev–Trinajstić information content (AvgIpc) is 2.48. The second kappa shape index (κ2) is 8.40. The fraction of sp³-hybridized carbons (Fsp3) is 0.438. The third-order valence-corrected chi connectivity index (χ3v) is 3.48. The number of halogens is 6. The van der Waals surface area contributed by atoms with Gasteiger partial charge in [0.15, 0.2) is 0 Å². The normalized spacial score (nSPS) is 13.1. The van der Waals surface area contributed by atoms with Crippen molar-refractivity contribution < 1.29 is 40.7 Å². The zero-order valence-electron chi connectivity index (χ0n) is 14.0. The maximum Gasteiger partial charge on any atom is 0.416 e. The number of nitrogens with one attached hydrogen (secondary N) is 1. The van der Waals surface area contributed by atoms with Gasteiger partial charge in [0.25, 0.3) is 0 Å². The second-order valence-corrected chi connectivity index (χ2v) is 5.85. The summed E-state index contributed by atoms with van der Waals surface area (Å²) in [6.45, 7) is 1.24. The van der Waals surface area contributed by atoms with Crippen molar-refractivity contribution in [3.8, 4) is 0 Å². The molecule has 27 heavy (non-hydrogen) atoms. The number of ketones is 1. The van der Waals surface area contributed by atoms with Gasteiger partial charge in [-0.1, -0.05) is 0 Å². The van der Waals surface area contributed by atoms with Crippen LogP contribution in [0.5, 0.6) is 0 Å². The van der Waals surface area contributed by atoms with E-state index in [9.17, 15) is 40.7 Å². The smallest absolute Gasteiger partial charge is 0.368 e. The Kier molecular flexibility index (Phi) is 6.99. The molecule has 5 nitrogen and oxygen atoms in total. The largest absolute Gasteiger partial charge is 0.416 e. The molecule has 0 saturated carbocycles. The quantitative estimate of drug-likeness (QED) is 0.692. The van der Waals surface area contributed by atoms with Gasteiger partial charge in [0.05, 0.1) is 17.5 Å². The van der Waals surface area contributed by atoms with Crippen molar-refractivity contribution in [1.82, 2.24) is 5.32 Å². The van der Waals surface area contributed by atoms with Crippen molar-refractivity contribution in [3.63, 3.8) is 0 Å². The first-order chi connectivity index (χ1) is 12.2. The first-order valence-electron chi connectivity index (χ1n) is 7.56. The van der Waals surface area contributed by atoms with E-state index in [2.05, 4.69) is 5.32 Å². The molecule has 0 radical (unpaired) electrons. The van der Waals surface area contributed by atoms with Crippen LogP contribution in [-0.4, -0.2) is 23.6 Å². The van der Waals surface area contributed by atoms with Crippen LogP contribution < -0.4 is 11.1 Å². The van der Waals surface area contributed by atoms with Gasteiger partial charge in [0.2, 0.25) is 11.8 Å². The van der Waals surface area contributed by atoms with Crippen LogP contribution in [0.25, 0.3) is 0 Å². The lowest BCUT2D eigenvalue weighted by Gasteiger charge is -2.16. The number of rotatable bonds is 7. The SMILES string of the molecule is CC(=O)CC[C@@H](NC(=O)Cc1cc(C(F)(F)F)cc(C(F)(F)F)c1)C(N)=O. The van der Waals surface area contributed by atoms with Crippen LogP contribution in [0.15, 0.2) is 18.2 Å². The Bertz CT molecular complexity index is 696. The number of hydrogen-bond acceptors (Lipinski definition) is 3. The Morgan fingerprint density at radius 3 is 1.85 bits per heavy atom. The first kappa shape index (κ1) is 22.5. The fourth-order valence-corrected chi connectivity index (χ4v) is 2.19. The monoisotopic (exact) mass is 398 g/mol. The molecule has 1 aromatic rings. The molecule has 0 unspecified atom stereocenters. The van der Waals surface area contributed by atoms with Crippen LogP contribution in [-0.2, 0) is 33.2 Å². The summed E-state index contributed by atoms with van der Waals surface area (Å²) in [5, 5.41) is 2.11. The number of carbonyl (C=O) groups is 3. The van der Waals surface area contributed by atoms with E-state index in [1.807, 2.05) is 0 Å².